The Labute approximate surface area is 106 Å². The number of hydrogen-bond acceptors (Lipinski definition) is 3. The zero-order valence-corrected chi connectivity index (χ0v) is 10.5. The van der Waals surface area contributed by atoms with Crippen molar-refractivity contribution in [1.82, 2.24) is 4.98 Å². The number of rotatable bonds is 2. The summed E-state index contributed by atoms with van der Waals surface area (Å²) in [6.07, 6.45) is 0. The van der Waals surface area contributed by atoms with Crippen molar-refractivity contribution in [3.63, 3.8) is 0 Å². The maximum Gasteiger partial charge on any atom is 0.221 e. The number of nitrogens with two attached hydrogens (primary N) is 1. The van der Waals surface area contributed by atoms with Crippen LogP contribution in [0.3, 0.4) is 0 Å². The summed E-state index contributed by atoms with van der Waals surface area (Å²) in [5, 5.41) is 0.513. The number of benzene rings is 1. The number of aromatic nitrogens is 1. The minimum absolute atomic E-state index is 0.408. The van der Waals surface area contributed by atoms with Gasteiger partial charge in [0.15, 0.2) is 0 Å². The van der Waals surface area contributed by atoms with E-state index < -0.39 is 0 Å². The van der Waals surface area contributed by atoms with Crippen LogP contribution in [0.2, 0.25) is 5.02 Å². The van der Waals surface area contributed by atoms with Crippen LogP contribution in [-0.2, 0) is 0 Å². The lowest BCUT2D eigenvalue weighted by atomic mass is 10.3. The van der Waals surface area contributed by atoms with Gasteiger partial charge in [-0.1, -0.05) is 33.6 Å². The van der Waals surface area contributed by atoms with E-state index in [9.17, 15) is 0 Å². The largest absolute Gasteiger partial charge is 0.437 e. The van der Waals surface area contributed by atoms with Gasteiger partial charge in [0.1, 0.15) is 11.6 Å². The maximum absolute atomic E-state index is 6.01. The second kappa shape index (κ2) is 4.72. The van der Waals surface area contributed by atoms with Crippen molar-refractivity contribution < 1.29 is 4.74 Å². The van der Waals surface area contributed by atoms with E-state index in [0.29, 0.717) is 22.5 Å². The molecule has 2 rings (SSSR count). The fraction of sp³-hybridized carbons (Fsp3) is 0. The van der Waals surface area contributed by atoms with Gasteiger partial charge in [0.2, 0.25) is 5.88 Å². The quantitative estimate of drug-likeness (QED) is 0.915. The molecule has 3 nitrogen and oxygen atoms in total. The molecule has 0 aliphatic rings. The highest BCUT2D eigenvalue weighted by molar-refractivity contribution is 9.10. The Kier molecular flexibility index (Phi) is 3.31. The molecule has 0 spiro atoms. The average molecular weight is 300 g/mol. The van der Waals surface area contributed by atoms with Gasteiger partial charge in [-0.05, 0) is 24.3 Å². The van der Waals surface area contributed by atoms with Gasteiger partial charge in [-0.3, -0.25) is 0 Å². The molecule has 0 unspecified atom stereocenters. The Balaban J connectivity index is 2.27. The molecule has 82 valence electrons. The Hall–Kier alpha value is -1.26. The normalized spacial score (nSPS) is 10.1. The van der Waals surface area contributed by atoms with Gasteiger partial charge in [-0.15, -0.1) is 0 Å². The van der Waals surface area contributed by atoms with E-state index >= 15 is 0 Å². The van der Waals surface area contributed by atoms with Gasteiger partial charge in [0.25, 0.3) is 0 Å². The minimum atomic E-state index is 0.408. The molecule has 1 aromatic carbocycles. The van der Waals surface area contributed by atoms with E-state index in [2.05, 4.69) is 20.9 Å². The molecule has 1 heterocycles. The number of nitrogens with zero attached hydrogens (tertiary/aromatic N) is 1. The van der Waals surface area contributed by atoms with Crippen molar-refractivity contribution in [1.29, 1.82) is 0 Å². The molecule has 0 aliphatic heterocycles. The molecule has 0 aliphatic carbocycles. The molecule has 2 N–H and O–H groups in total. The van der Waals surface area contributed by atoms with Crippen LogP contribution >= 0.6 is 27.5 Å². The highest BCUT2D eigenvalue weighted by Crippen LogP contribution is 2.30. The highest BCUT2D eigenvalue weighted by atomic mass is 79.9. The van der Waals surface area contributed by atoms with Crippen molar-refractivity contribution in [2.24, 2.45) is 0 Å². The fourth-order valence-corrected chi connectivity index (χ4v) is 1.87. The highest BCUT2D eigenvalue weighted by Gasteiger charge is 2.04. The number of nitrogen functional groups attached to an aromatic ring is 1. The van der Waals surface area contributed by atoms with Crippen LogP contribution < -0.4 is 10.5 Å². The summed E-state index contributed by atoms with van der Waals surface area (Å²) < 4.78 is 6.39. The van der Waals surface area contributed by atoms with E-state index in [4.69, 9.17) is 22.1 Å². The standard InChI is InChI=1S/C11H8BrClN2O/c12-7-4-5-9(8(13)6-7)16-11-3-1-2-10(14)15-11/h1-6H,(H2,14,15). The summed E-state index contributed by atoms with van der Waals surface area (Å²) in [5.74, 6) is 1.37. The van der Waals surface area contributed by atoms with Gasteiger partial charge in [-0.25, -0.2) is 0 Å². The Bertz CT molecular complexity index is 519. The first kappa shape index (κ1) is 11.2. The van der Waals surface area contributed by atoms with Crippen molar-refractivity contribution in [2.75, 3.05) is 5.73 Å². The number of anilines is 1. The van der Waals surface area contributed by atoms with Gasteiger partial charge < -0.3 is 10.5 Å². The smallest absolute Gasteiger partial charge is 0.221 e. The molecule has 16 heavy (non-hydrogen) atoms. The summed E-state index contributed by atoms with van der Waals surface area (Å²) in [7, 11) is 0. The predicted molar refractivity (Wildman–Crippen MR) is 67.9 cm³/mol. The van der Waals surface area contributed by atoms with Crippen molar-refractivity contribution in [3.8, 4) is 11.6 Å². The van der Waals surface area contributed by atoms with Crippen LogP contribution in [0.5, 0.6) is 11.6 Å². The van der Waals surface area contributed by atoms with Gasteiger partial charge in [-0.2, -0.15) is 4.98 Å². The second-order valence-corrected chi connectivity index (χ2v) is 4.40. The monoisotopic (exact) mass is 298 g/mol. The van der Waals surface area contributed by atoms with Crippen LogP contribution in [0.25, 0.3) is 0 Å². The molecule has 0 atom stereocenters. The van der Waals surface area contributed by atoms with Crippen LogP contribution in [0.4, 0.5) is 5.82 Å². The number of hydrogen-bond donors (Lipinski definition) is 1. The van der Waals surface area contributed by atoms with Gasteiger partial charge in [0, 0.05) is 10.5 Å². The van der Waals surface area contributed by atoms with Crippen LogP contribution in [0.1, 0.15) is 0 Å². The molecule has 0 saturated carbocycles. The minimum Gasteiger partial charge on any atom is -0.437 e. The van der Waals surface area contributed by atoms with Gasteiger partial charge >= 0.3 is 0 Å². The second-order valence-electron chi connectivity index (χ2n) is 3.08. The van der Waals surface area contributed by atoms with E-state index in [1.54, 1.807) is 30.3 Å². The van der Waals surface area contributed by atoms with E-state index in [1.165, 1.54) is 0 Å². The lowest BCUT2D eigenvalue weighted by molar-refractivity contribution is 0.464. The lowest BCUT2D eigenvalue weighted by Crippen LogP contribution is -1.93. The number of pyridine rings is 1. The number of halogens is 2. The zero-order chi connectivity index (χ0) is 11.5. The van der Waals surface area contributed by atoms with Crippen molar-refractivity contribution in [2.45, 2.75) is 0 Å². The molecule has 2 aromatic rings. The summed E-state index contributed by atoms with van der Waals surface area (Å²) in [4.78, 5) is 4.02. The van der Waals surface area contributed by atoms with Crippen LogP contribution in [0, 0.1) is 0 Å². The van der Waals surface area contributed by atoms with Crippen molar-refractivity contribution in [3.05, 3.63) is 45.9 Å². The Morgan fingerprint density at radius 3 is 2.75 bits per heavy atom. The summed E-state index contributed by atoms with van der Waals surface area (Å²) in [6.45, 7) is 0. The molecule has 0 amide bonds. The molecule has 5 heteroatoms. The van der Waals surface area contributed by atoms with Crippen LogP contribution in [-0.4, -0.2) is 4.98 Å². The van der Waals surface area contributed by atoms with E-state index in [-0.39, 0.29) is 0 Å². The third-order valence-electron chi connectivity index (χ3n) is 1.85. The van der Waals surface area contributed by atoms with Crippen LogP contribution in [0.15, 0.2) is 40.9 Å². The molecule has 0 bridgehead atoms. The fourth-order valence-electron chi connectivity index (χ4n) is 1.16. The van der Waals surface area contributed by atoms with Gasteiger partial charge in [0.05, 0.1) is 5.02 Å². The van der Waals surface area contributed by atoms with Crippen molar-refractivity contribution >= 4 is 33.3 Å². The maximum atomic E-state index is 6.01. The first-order chi connectivity index (χ1) is 7.65. The summed E-state index contributed by atoms with van der Waals surface area (Å²) in [5.41, 5.74) is 5.54. The Morgan fingerprint density at radius 2 is 2.06 bits per heavy atom. The third kappa shape index (κ3) is 2.65. The predicted octanol–water partition coefficient (Wildman–Crippen LogP) is 3.87. The molecular weight excluding hydrogens is 291 g/mol. The summed E-state index contributed by atoms with van der Waals surface area (Å²) >= 11 is 9.32. The molecular formula is C11H8BrClN2O. The molecule has 0 saturated heterocycles. The average Bonchev–Trinajstić information content (AvgIpc) is 2.22. The summed E-state index contributed by atoms with van der Waals surface area (Å²) in [6, 6.07) is 10.5. The van der Waals surface area contributed by atoms with E-state index in [0.717, 1.165) is 4.47 Å². The molecule has 0 radical (unpaired) electrons. The third-order valence-corrected chi connectivity index (χ3v) is 2.64. The SMILES string of the molecule is Nc1cccc(Oc2ccc(Br)cc2Cl)n1. The number of ether oxygens (including phenoxy) is 1. The molecule has 0 fully saturated rings. The lowest BCUT2D eigenvalue weighted by Gasteiger charge is -2.06. The molecule has 1 aromatic heterocycles. The topological polar surface area (TPSA) is 48.1 Å². The van der Waals surface area contributed by atoms with E-state index in [1.807, 2.05) is 6.07 Å². The first-order valence-electron chi connectivity index (χ1n) is 4.50. The Morgan fingerprint density at radius 1 is 1.25 bits per heavy atom. The zero-order valence-electron chi connectivity index (χ0n) is 8.15. The first-order valence-corrected chi connectivity index (χ1v) is 5.68.